The van der Waals surface area contributed by atoms with Crippen LogP contribution in [0.5, 0.6) is 0 Å². The molecule has 0 N–H and O–H groups in total. The van der Waals surface area contributed by atoms with Crippen molar-refractivity contribution in [2.75, 3.05) is 19.6 Å². The molecule has 1 fully saturated rings. The predicted molar refractivity (Wildman–Crippen MR) is 113 cm³/mol. The molecule has 30 heavy (non-hydrogen) atoms. The largest absolute Gasteiger partial charge is 0.333 e. The number of piperazine rings is 1. The molecule has 2 heterocycles. The topological polar surface area (TPSA) is 60.9 Å². The van der Waals surface area contributed by atoms with E-state index in [1.54, 1.807) is 9.80 Å². The maximum absolute atomic E-state index is 13.6. The molecule has 156 valence electrons. The lowest BCUT2D eigenvalue weighted by Gasteiger charge is -2.39. The molecule has 1 atom stereocenters. The molecular formula is C24H27N3O3. The number of carbonyl (C=O) groups excluding carboxylic acids is 3. The van der Waals surface area contributed by atoms with Gasteiger partial charge >= 0.3 is 11.8 Å². The van der Waals surface area contributed by atoms with Crippen LogP contribution in [0, 0.1) is 0 Å². The first-order valence-electron chi connectivity index (χ1n) is 10.6. The maximum atomic E-state index is 13.6. The first kappa shape index (κ1) is 20.1. The first-order valence-corrected chi connectivity index (χ1v) is 10.6. The van der Waals surface area contributed by atoms with Gasteiger partial charge in [-0.2, -0.15) is 0 Å². The van der Waals surface area contributed by atoms with E-state index in [1.807, 2.05) is 54.6 Å². The van der Waals surface area contributed by atoms with E-state index in [9.17, 15) is 14.4 Å². The van der Waals surface area contributed by atoms with Gasteiger partial charge in [0, 0.05) is 32.7 Å². The van der Waals surface area contributed by atoms with Gasteiger partial charge in [0.2, 0.25) is 0 Å². The van der Waals surface area contributed by atoms with Crippen molar-refractivity contribution < 1.29 is 14.4 Å². The number of nitrogens with zero attached hydrogens (tertiary/aromatic N) is 3. The van der Waals surface area contributed by atoms with E-state index in [-0.39, 0.29) is 5.91 Å². The normalized spacial score (nSPS) is 17.3. The highest BCUT2D eigenvalue weighted by Gasteiger charge is 2.41. The molecule has 0 unspecified atom stereocenters. The maximum Gasteiger partial charge on any atom is 0.313 e. The van der Waals surface area contributed by atoms with Gasteiger partial charge in [-0.1, -0.05) is 67.9 Å². The number of unbranched alkanes of at least 4 members (excludes halogenated alkanes) is 1. The van der Waals surface area contributed by atoms with Crippen LogP contribution in [-0.2, 0) is 27.5 Å². The lowest BCUT2D eigenvalue weighted by Crippen LogP contribution is -2.57. The molecule has 0 radical (unpaired) electrons. The van der Waals surface area contributed by atoms with Gasteiger partial charge in [0.1, 0.15) is 6.04 Å². The number of carbonyl (C=O) groups is 3. The van der Waals surface area contributed by atoms with Crippen molar-refractivity contribution in [3.63, 3.8) is 0 Å². The molecule has 2 aromatic carbocycles. The summed E-state index contributed by atoms with van der Waals surface area (Å²) in [5, 5.41) is 0. The number of hydrogen-bond donors (Lipinski definition) is 0. The van der Waals surface area contributed by atoms with Crippen molar-refractivity contribution in [1.82, 2.24) is 14.7 Å². The van der Waals surface area contributed by atoms with Crippen LogP contribution in [-0.4, -0.2) is 52.1 Å². The van der Waals surface area contributed by atoms with E-state index >= 15 is 0 Å². The Balaban J connectivity index is 1.59. The third-order valence-electron chi connectivity index (χ3n) is 5.94. The van der Waals surface area contributed by atoms with Crippen LogP contribution >= 0.6 is 0 Å². The van der Waals surface area contributed by atoms with Crippen LogP contribution in [0.15, 0.2) is 54.6 Å². The summed E-state index contributed by atoms with van der Waals surface area (Å²) >= 11 is 0. The first-order chi connectivity index (χ1) is 14.6. The number of benzene rings is 2. The monoisotopic (exact) mass is 405 g/mol. The van der Waals surface area contributed by atoms with E-state index in [4.69, 9.17) is 0 Å². The van der Waals surface area contributed by atoms with Gasteiger partial charge in [0.15, 0.2) is 0 Å². The van der Waals surface area contributed by atoms with Crippen LogP contribution < -0.4 is 0 Å². The van der Waals surface area contributed by atoms with E-state index < -0.39 is 17.9 Å². The van der Waals surface area contributed by atoms with E-state index in [2.05, 4.69) is 6.92 Å². The van der Waals surface area contributed by atoms with Crippen molar-refractivity contribution in [2.24, 2.45) is 0 Å². The van der Waals surface area contributed by atoms with Gasteiger partial charge in [-0.25, -0.2) is 0 Å². The van der Waals surface area contributed by atoms with Gasteiger partial charge in [-0.15, -0.1) is 0 Å². The number of rotatable bonds is 6. The van der Waals surface area contributed by atoms with Gasteiger partial charge < -0.3 is 14.7 Å². The summed E-state index contributed by atoms with van der Waals surface area (Å²) in [4.78, 5) is 44.2. The minimum atomic E-state index is -0.787. The Labute approximate surface area is 177 Å². The summed E-state index contributed by atoms with van der Waals surface area (Å²) < 4.78 is 0. The standard InChI is InChI=1S/C24H27N3O3/c1-2-3-13-25-14-15-27(24(30)23(25)29)21(18-9-5-4-6-10-18)22(28)26-16-19-11-7-8-12-20(19)17-26/h4-12,21H,2-3,13-17H2,1H3/t21-/m1/s1. The SMILES string of the molecule is CCCCN1CCN([C@@H](C(=O)N2Cc3ccccc3C2)c2ccccc2)C(=O)C1=O. The van der Waals surface area contributed by atoms with Gasteiger partial charge in [-0.05, 0) is 23.1 Å². The quantitative estimate of drug-likeness (QED) is 0.695. The fraction of sp³-hybridized carbons (Fsp3) is 0.375. The molecule has 6 heteroatoms. The lowest BCUT2D eigenvalue weighted by molar-refractivity contribution is -0.161. The zero-order valence-electron chi connectivity index (χ0n) is 17.3. The highest BCUT2D eigenvalue weighted by Crippen LogP contribution is 2.30. The summed E-state index contributed by atoms with van der Waals surface area (Å²) in [7, 11) is 0. The zero-order chi connectivity index (χ0) is 21.1. The van der Waals surface area contributed by atoms with Crippen LogP contribution in [0.3, 0.4) is 0 Å². The van der Waals surface area contributed by atoms with Gasteiger partial charge in [-0.3, -0.25) is 14.4 Å². The molecule has 2 aromatic rings. The average molecular weight is 405 g/mol. The van der Waals surface area contributed by atoms with Crippen LogP contribution in [0.4, 0.5) is 0 Å². The smallest absolute Gasteiger partial charge is 0.313 e. The second kappa shape index (κ2) is 8.69. The molecule has 1 saturated heterocycles. The molecule has 0 aliphatic carbocycles. The number of hydrogen-bond acceptors (Lipinski definition) is 3. The molecule has 2 aliphatic rings. The Morgan fingerprint density at radius 1 is 0.900 bits per heavy atom. The molecule has 4 rings (SSSR count). The zero-order valence-corrected chi connectivity index (χ0v) is 17.3. The lowest BCUT2D eigenvalue weighted by atomic mass is 10.0. The summed E-state index contributed by atoms with van der Waals surface area (Å²) in [6, 6.07) is 16.5. The number of fused-ring (bicyclic) bond motifs is 1. The highest BCUT2D eigenvalue weighted by atomic mass is 16.2. The van der Waals surface area contributed by atoms with Crippen LogP contribution in [0.1, 0.15) is 42.5 Å². The fourth-order valence-electron chi connectivity index (χ4n) is 4.25. The minimum Gasteiger partial charge on any atom is -0.333 e. The molecule has 0 aromatic heterocycles. The second-order valence-corrected chi connectivity index (χ2v) is 7.92. The average Bonchev–Trinajstić information content (AvgIpc) is 3.21. The Morgan fingerprint density at radius 3 is 2.17 bits per heavy atom. The summed E-state index contributed by atoms with van der Waals surface area (Å²) in [5.41, 5.74) is 3.00. The van der Waals surface area contributed by atoms with Crippen LogP contribution in [0.25, 0.3) is 0 Å². The van der Waals surface area contributed by atoms with E-state index in [0.29, 0.717) is 32.7 Å². The summed E-state index contributed by atoms with van der Waals surface area (Å²) in [6.07, 6.45) is 1.83. The van der Waals surface area contributed by atoms with Crippen molar-refractivity contribution in [1.29, 1.82) is 0 Å². The summed E-state index contributed by atoms with van der Waals surface area (Å²) in [6.45, 7) is 4.51. The van der Waals surface area contributed by atoms with Gasteiger partial charge in [0.25, 0.3) is 5.91 Å². The van der Waals surface area contributed by atoms with Crippen LogP contribution in [0.2, 0.25) is 0 Å². The van der Waals surface area contributed by atoms with Crippen molar-refractivity contribution in [3.8, 4) is 0 Å². The fourth-order valence-corrected chi connectivity index (χ4v) is 4.25. The minimum absolute atomic E-state index is 0.138. The molecule has 6 nitrogen and oxygen atoms in total. The third kappa shape index (κ3) is 3.82. The molecule has 2 aliphatic heterocycles. The van der Waals surface area contributed by atoms with Gasteiger partial charge in [0.05, 0.1) is 0 Å². The Morgan fingerprint density at radius 2 is 1.53 bits per heavy atom. The Kier molecular flexibility index (Phi) is 5.84. The third-order valence-corrected chi connectivity index (χ3v) is 5.94. The van der Waals surface area contributed by atoms with E-state index in [1.165, 1.54) is 4.90 Å². The van der Waals surface area contributed by atoms with E-state index in [0.717, 1.165) is 29.5 Å². The molecule has 3 amide bonds. The molecule has 0 bridgehead atoms. The molecule has 0 saturated carbocycles. The number of amides is 3. The second-order valence-electron chi connectivity index (χ2n) is 7.92. The Hall–Kier alpha value is -3.15. The molecular weight excluding hydrogens is 378 g/mol. The van der Waals surface area contributed by atoms with Crippen molar-refractivity contribution >= 4 is 17.7 Å². The van der Waals surface area contributed by atoms with Crippen molar-refractivity contribution in [3.05, 3.63) is 71.3 Å². The highest BCUT2D eigenvalue weighted by molar-refractivity contribution is 6.35. The van der Waals surface area contributed by atoms with Crippen molar-refractivity contribution in [2.45, 2.75) is 38.9 Å². The molecule has 0 spiro atoms. The summed E-state index contributed by atoms with van der Waals surface area (Å²) in [5.74, 6) is -1.23. The Bertz CT molecular complexity index is 919. The predicted octanol–water partition coefficient (Wildman–Crippen LogP) is 2.74.